The van der Waals surface area contributed by atoms with Crippen LogP contribution in [0.4, 0.5) is 4.39 Å². The molecule has 0 bridgehead atoms. The zero-order valence-corrected chi connectivity index (χ0v) is 16.9. The van der Waals surface area contributed by atoms with E-state index in [9.17, 15) is 9.18 Å². The number of fused-ring (bicyclic) bond motifs is 1. The van der Waals surface area contributed by atoms with Gasteiger partial charge in [0.1, 0.15) is 11.6 Å². The topological polar surface area (TPSA) is 53.3 Å². The molecule has 1 atom stereocenters. The summed E-state index contributed by atoms with van der Waals surface area (Å²) in [6.07, 6.45) is 2.85. The number of rotatable bonds is 8. The van der Waals surface area contributed by atoms with Crippen molar-refractivity contribution >= 4 is 22.7 Å². The van der Waals surface area contributed by atoms with Gasteiger partial charge in [-0.15, -0.1) is 0 Å². The first-order valence-electron chi connectivity index (χ1n) is 9.83. The normalized spacial score (nSPS) is 16.4. The molecule has 152 valence electrons. The minimum atomic E-state index is -0.278. The Hall–Kier alpha value is -2.38. The zero-order valence-electron chi connectivity index (χ0n) is 16.1. The van der Waals surface area contributed by atoms with Crippen LogP contribution in [-0.4, -0.2) is 34.6 Å². The molecule has 1 saturated heterocycles. The predicted molar refractivity (Wildman–Crippen MR) is 112 cm³/mol. The summed E-state index contributed by atoms with van der Waals surface area (Å²) in [5.41, 5.74) is 0.697. The van der Waals surface area contributed by atoms with Gasteiger partial charge in [0.25, 0.3) is 5.56 Å². The van der Waals surface area contributed by atoms with Gasteiger partial charge in [-0.25, -0.2) is 9.37 Å². The van der Waals surface area contributed by atoms with Gasteiger partial charge < -0.3 is 9.47 Å². The van der Waals surface area contributed by atoms with E-state index in [1.165, 1.54) is 12.1 Å². The molecule has 29 heavy (non-hydrogen) atoms. The second-order valence-corrected chi connectivity index (χ2v) is 8.03. The van der Waals surface area contributed by atoms with Crippen LogP contribution in [0.2, 0.25) is 0 Å². The molecule has 2 heterocycles. The minimum Gasteiger partial charge on any atom is -0.494 e. The fourth-order valence-electron chi connectivity index (χ4n) is 3.35. The summed E-state index contributed by atoms with van der Waals surface area (Å²) in [5.74, 6) is 1.13. The Bertz CT molecular complexity index is 1020. The summed E-state index contributed by atoms with van der Waals surface area (Å²) in [6.45, 7) is 1.80. The molecule has 2 aromatic carbocycles. The maximum absolute atomic E-state index is 13.0. The number of hydrogen-bond donors (Lipinski definition) is 0. The van der Waals surface area contributed by atoms with Crippen LogP contribution in [0, 0.1) is 5.82 Å². The van der Waals surface area contributed by atoms with E-state index in [2.05, 4.69) is 0 Å². The SMILES string of the molecule is O=c1c2ccccc2nc(SCCCOc2ccc(F)cc2)n1C[C@H]1CCCO1. The Morgan fingerprint density at radius 1 is 1.21 bits per heavy atom. The van der Waals surface area contributed by atoms with Crippen molar-refractivity contribution in [2.45, 2.75) is 37.1 Å². The van der Waals surface area contributed by atoms with Crippen molar-refractivity contribution in [3.8, 4) is 5.75 Å². The molecule has 0 N–H and O–H groups in total. The number of nitrogens with zero attached hydrogens (tertiary/aromatic N) is 2. The van der Waals surface area contributed by atoms with Crippen molar-refractivity contribution in [1.82, 2.24) is 9.55 Å². The Morgan fingerprint density at radius 3 is 2.83 bits per heavy atom. The van der Waals surface area contributed by atoms with Crippen LogP contribution in [0.25, 0.3) is 10.9 Å². The van der Waals surface area contributed by atoms with E-state index in [1.54, 1.807) is 28.5 Å². The molecule has 7 heteroatoms. The lowest BCUT2D eigenvalue weighted by Gasteiger charge is -2.16. The van der Waals surface area contributed by atoms with Crippen LogP contribution in [-0.2, 0) is 11.3 Å². The molecule has 0 spiro atoms. The first-order chi connectivity index (χ1) is 14.2. The summed E-state index contributed by atoms with van der Waals surface area (Å²) in [4.78, 5) is 17.8. The number of halogens is 1. The first-order valence-corrected chi connectivity index (χ1v) is 10.8. The van der Waals surface area contributed by atoms with Gasteiger partial charge >= 0.3 is 0 Å². The second kappa shape index (κ2) is 9.41. The molecule has 1 aliphatic rings. The number of aromatic nitrogens is 2. The van der Waals surface area contributed by atoms with E-state index >= 15 is 0 Å². The molecular weight excluding hydrogens is 391 g/mol. The number of benzene rings is 2. The third kappa shape index (κ3) is 4.97. The quantitative estimate of drug-likeness (QED) is 0.313. The highest BCUT2D eigenvalue weighted by Crippen LogP contribution is 2.22. The van der Waals surface area contributed by atoms with Gasteiger partial charge in [-0.1, -0.05) is 23.9 Å². The van der Waals surface area contributed by atoms with Crippen molar-refractivity contribution < 1.29 is 13.9 Å². The Kier molecular flexibility index (Phi) is 6.46. The van der Waals surface area contributed by atoms with Crippen molar-refractivity contribution in [3.63, 3.8) is 0 Å². The van der Waals surface area contributed by atoms with E-state index in [1.807, 2.05) is 24.3 Å². The molecule has 0 unspecified atom stereocenters. The fourth-order valence-corrected chi connectivity index (χ4v) is 4.27. The van der Waals surface area contributed by atoms with E-state index in [0.29, 0.717) is 35.0 Å². The van der Waals surface area contributed by atoms with Gasteiger partial charge in [-0.05, 0) is 55.7 Å². The van der Waals surface area contributed by atoms with E-state index in [0.717, 1.165) is 31.6 Å². The molecule has 1 fully saturated rings. The predicted octanol–water partition coefficient (Wildman–Crippen LogP) is 4.28. The van der Waals surface area contributed by atoms with Crippen molar-refractivity contribution in [2.75, 3.05) is 19.0 Å². The number of hydrogen-bond acceptors (Lipinski definition) is 5. The molecule has 0 amide bonds. The molecule has 1 aromatic heterocycles. The number of ether oxygens (including phenoxy) is 2. The number of thioether (sulfide) groups is 1. The second-order valence-electron chi connectivity index (χ2n) is 6.97. The lowest BCUT2D eigenvalue weighted by Crippen LogP contribution is -2.28. The lowest BCUT2D eigenvalue weighted by molar-refractivity contribution is 0.0937. The Balaban J connectivity index is 1.43. The largest absolute Gasteiger partial charge is 0.494 e. The molecule has 3 aromatic rings. The minimum absolute atomic E-state index is 0.0174. The summed E-state index contributed by atoms with van der Waals surface area (Å²) >= 11 is 1.55. The van der Waals surface area contributed by atoms with Gasteiger partial charge in [0.15, 0.2) is 5.16 Å². The Morgan fingerprint density at radius 2 is 2.03 bits per heavy atom. The molecular formula is C22H23FN2O3S. The maximum Gasteiger partial charge on any atom is 0.262 e. The molecule has 0 saturated carbocycles. The van der Waals surface area contributed by atoms with Crippen LogP contribution in [0.1, 0.15) is 19.3 Å². The molecule has 5 nitrogen and oxygen atoms in total. The van der Waals surface area contributed by atoms with E-state index in [4.69, 9.17) is 14.5 Å². The zero-order chi connectivity index (χ0) is 20.1. The summed E-state index contributed by atoms with van der Waals surface area (Å²) in [6, 6.07) is 13.4. The highest BCUT2D eigenvalue weighted by Gasteiger charge is 2.20. The van der Waals surface area contributed by atoms with Gasteiger partial charge in [0, 0.05) is 12.4 Å². The maximum atomic E-state index is 13.0. The monoisotopic (exact) mass is 414 g/mol. The average Bonchev–Trinajstić information content (AvgIpc) is 3.25. The van der Waals surface area contributed by atoms with Gasteiger partial charge in [-0.3, -0.25) is 9.36 Å². The van der Waals surface area contributed by atoms with Crippen molar-refractivity contribution in [3.05, 3.63) is 64.7 Å². The summed E-state index contributed by atoms with van der Waals surface area (Å²) in [7, 11) is 0. The Labute approximate surface area is 172 Å². The van der Waals surface area contributed by atoms with E-state index in [-0.39, 0.29) is 17.5 Å². The first kappa shape index (κ1) is 19.9. The van der Waals surface area contributed by atoms with Crippen LogP contribution in [0.3, 0.4) is 0 Å². The van der Waals surface area contributed by atoms with Crippen molar-refractivity contribution in [2.24, 2.45) is 0 Å². The van der Waals surface area contributed by atoms with Gasteiger partial charge in [0.05, 0.1) is 30.2 Å². The van der Waals surface area contributed by atoms with Crippen LogP contribution >= 0.6 is 11.8 Å². The van der Waals surface area contributed by atoms with Crippen molar-refractivity contribution in [1.29, 1.82) is 0 Å². The fraction of sp³-hybridized carbons (Fsp3) is 0.364. The summed E-state index contributed by atoms with van der Waals surface area (Å²) in [5, 5.41) is 1.35. The van der Waals surface area contributed by atoms with E-state index < -0.39 is 0 Å². The molecule has 0 radical (unpaired) electrons. The highest BCUT2D eigenvalue weighted by molar-refractivity contribution is 7.99. The lowest BCUT2D eigenvalue weighted by atomic mass is 10.2. The molecule has 4 rings (SSSR count). The number of para-hydroxylation sites is 1. The van der Waals surface area contributed by atoms with Crippen LogP contribution in [0.15, 0.2) is 58.5 Å². The summed E-state index contributed by atoms with van der Waals surface area (Å²) < 4.78 is 26.1. The smallest absolute Gasteiger partial charge is 0.262 e. The van der Waals surface area contributed by atoms with Crippen LogP contribution < -0.4 is 10.3 Å². The van der Waals surface area contributed by atoms with Crippen LogP contribution in [0.5, 0.6) is 5.75 Å². The average molecular weight is 415 g/mol. The molecule has 1 aliphatic heterocycles. The van der Waals surface area contributed by atoms with Gasteiger partial charge in [-0.2, -0.15) is 0 Å². The highest BCUT2D eigenvalue weighted by atomic mass is 32.2. The standard InChI is InChI=1S/C22H23FN2O3S/c23-16-8-10-17(11-9-16)27-13-4-14-29-22-24-20-7-2-1-6-19(20)21(26)25(22)15-18-5-3-12-28-18/h1-2,6-11,18H,3-5,12-15H2/t18-/m1/s1. The third-order valence-corrected chi connectivity index (χ3v) is 5.90. The third-order valence-electron chi connectivity index (χ3n) is 4.84. The van der Waals surface area contributed by atoms with Gasteiger partial charge in [0.2, 0.25) is 0 Å². The molecule has 0 aliphatic carbocycles.